The smallest absolute Gasteiger partial charge is 0.326 e. The van der Waals surface area contributed by atoms with Crippen molar-refractivity contribution in [2.45, 2.75) is 24.8 Å². The summed E-state index contributed by atoms with van der Waals surface area (Å²) in [6.45, 7) is 1.71. The Morgan fingerprint density at radius 1 is 1.23 bits per heavy atom. The van der Waals surface area contributed by atoms with Crippen LogP contribution in [0.2, 0.25) is 5.02 Å². The number of sulfonamides is 1. The van der Waals surface area contributed by atoms with Gasteiger partial charge >= 0.3 is 5.97 Å². The highest BCUT2D eigenvalue weighted by Gasteiger charge is 2.16. The Morgan fingerprint density at radius 3 is 2.63 bits per heavy atom. The zero-order valence-electron chi connectivity index (χ0n) is 15.9. The number of thiazole rings is 1. The number of hydrogen-bond acceptors (Lipinski definition) is 6. The summed E-state index contributed by atoms with van der Waals surface area (Å²) in [6, 6.07) is 11.2. The molecule has 30 heavy (non-hydrogen) atoms. The first-order chi connectivity index (χ1) is 14.2. The average Bonchev–Trinajstić information content (AvgIpc) is 2.99. The molecule has 0 saturated heterocycles. The van der Waals surface area contributed by atoms with Crippen molar-refractivity contribution >= 4 is 55.1 Å². The molecule has 2 aromatic carbocycles. The van der Waals surface area contributed by atoms with Gasteiger partial charge in [0.2, 0.25) is 10.0 Å². The minimum atomic E-state index is -3.90. The summed E-state index contributed by atoms with van der Waals surface area (Å²) in [5, 5.41) is 5.65. The second-order valence-electron chi connectivity index (χ2n) is 6.22. The summed E-state index contributed by atoms with van der Waals surface area (Å²) in [4.78, 5) is 28.9. The van der Waals surface area contributed by atoms with Gasteiger partial charge in [0.05, 0.1) is 28.1 Å². The van der Waals surface area contributed by atoms with E-state index in [1.54, 1.807) is 31.2 Å². The van der Waals surface area contributed by atoms with E-state index in [2.05, 4.69) is 4.99 Å². The van der Waals surface area contributed by atoms with Crippen molar-refractivity contribution in [3.63, 3.8) is 0 Å². The third kappa shape index (κ3) is 5.14. The first-order valence-electron chi connectivity index (χ1n) is 8.82. The Kier molecular flexibility index (Phi) is 6.71. The van der Waals surface area contributed by atoms with E-state index in [0.29, 0.717) is 20.8 Å². The number of nitrogens with zero attached hydrogens (tertiary/aromatic N) is 2. The summed E-state index contributed by atoms with van der Waals surface area (Å²) >= 11 is 7.18. The topological polar surface area (TPSA) is 121 Å². The minimum absolute atomic E-state index is 0.0181. The van der Waals surface area contributed by atoms with Crippen molar-refractivity contribution in [3.05, 3.63) is 57.9 Å². The van der Waals surface area contributed by atoms with E-state index in [1.807, 2.05) is 0 Å². The molecule has 2 N–H and O–H groups in total. The molecule has 0 saturated carbocycles. The average molecular weight is 468 g/mol. The third-order valence-electron chi connectivity index (χ3n) is 4.10. The summed E-state index contributed by atoms with van der Waals surface area (Å²) in [5.41, 5.74) is 1.16. The third-order valence-corrected chi connectivity index (χ3v) is 6.42. The van der Waals surface area contributed by atoms with Crippen LogP contribution in [0, 0.1) is 0 Å². The number of rotatable bonds is 6. The molecule has 8 nitrogen and oxygen atoms in total. The lowest BCUT2D eigenvalue weighted by Gasteiger charge is -2.05. The predicted molar refractivity (Wildman–Crippen MR) is 114 cm³/mol. The van der Waals surface area contributed by atoms with Crippen LogP contribution in [0.15, 0.2) is 52.4 Å². The zero-order chi connectivity index (χ0) is 21.9. The van der Waals surface area contributed by atoms with Gasteiger partial charge in [0.25, 0.3) is 5.91 Å². The highest BCUT2D eigenvalue weighted by molar-refractivity contribution is 7.89. The SMILES string of the molecule is CCOC(=O)Cn1c(=NC(=O)Cc2ccccc2Cl)sc2cc(S(N)(=O)=O)ccc21. The zero-order valence-corrected chi connectivity index (χ0v) is 18.3. The molecule has 0 aliphatic heterocycles. The number of halogens is 1. The number of carbonyl (C=O) groups is 2. The number of amides is 1. The normalized spacial score (nSPS) is 12.3. The number of ether oxygens (including phenoxy) is 1. The van der Waals surface area contributed by atoms with Crippen molar-refractivity contribution in [2.24, 2.45) is 10.1 Å². The maximum absolute atomic E-state index is 12.5. The van der Waals surface area contributed by atoms with Gasteiger partial charge in [-0.25, -0.2) is 13.6 Å². The van der Waals surface area contributed by atoms with E-state index in [0.717, 1.165) is 11.3 Å². The molecule has 3 rings (SSSR count). The molecular formula is C19H18ClN3O5S2. The number of carbonyl (C=O) groups excluding carboxylic acids is 2. The Bertz CT molecular complexity index is 1290. The van der Waals surface area contributed by atoms with Crippen LogP contribution in [0.1, 0.15) is 12.5 Å². The van der Waals surface area contributed by atoms with Crippen LogP contribution in [0.5, 0.6) is 0 Å². The molecule has 0 spiro atoms. The fraction of sp³-hybridized carbons (Fsp3) is 0.211. The van der Waals surface area contributed by atoms with Crippen LogP contribution < -0.4 is 9.94 Å². The molecule has 1 aromatic heterocycles. The van der Waals surface area contributed by atoms with Gasteiger partial charge in [-0.1, -0.05) is 41.1 Å². The second kappa shape index (κ2) is 9.09. The van der Waals surface area contributed by atoms with E-state index in [4.69, 9.17) is 21.5 Å². The van der Waals surface area contributed by atoms with Gasteiger partial charge in [0, 0.05) is 5.02 Å². The number of aromatic nitrogens is 1. The van der Waals surface area contributed by atoms with Crippen molar-refractivity contribution in [1.29, 1.82) is 0 Å². The van der Waals surface area contributed by atoms with Crippen LogP contribution >= 0.6 is 22.9 Å². The molecule has 1 heterocycles. The summed E-state index contributed by atoms with van der Waals surface area (Å²) in [7, 11) is -3.90. The van der Waals surface area contributed by atoms with Gasteiger partial charge < -0.3 is 9.30 Å². The molecular weight excluding hydrogens is 450 g/mol. The minimum Gasteiger partial charge on any atom is -0.465 e. The van der Waals surface area contributed by atoms with Crippen molar-refractivity contribution in [1.82, 2.24) is 4.57 Å². The van der Waals surface area contributed by atoms with Crippen LogP contribution in [-0.2, 0) is 37.3 Å². The molecule has 0 bridgehead atoms. The Morgan fingerprint density at radius 2 is 1.97 bits per heavy atom. The second-order valence-corrected chi connectivity index (χ2v) is 9.20. The van der Waals surface area contributed by atoms with Gasteiger partial charge in [-0.05, 0) is 36.8 Å². The van der Waals surface area contributed by atoms with Crippen LogP contribution in [0.4, 0.5) is 0 Å². The summed E-state index contributed by atoms with van der Waals surface area (Å²) in [6.07, 6.45) is -0.0181. The fourth-order valence-corrected chi connectivity index (χ4v) is 4.66. The number of hydrogen-bond donors (Lipinski definition) is 1. The molecule has 0 aliphatic rings. The van der Waals surface area contributed by atoms with Gasteiger partial charge in [-0.2, -0.15) is 4.99 Å². The predicted octanol–water partition coefficient (Wildman–Crippen LogP) is 2.24. The summed E-state index contributed by atoms with van der Waals surface area (Å²) in [5.74, 6) is -0.966. The van der Waals surface area contributed by atoms with Crippen molar-refractivity contribution < 1.29 is 22.7 Å². The maximum Gasteiger partial charge on any atom is 0.326 e. The van der Waals surface area contributed by atoms with Gasteiger partial charge in [-0.15, -0.1) is 0 Å². The molecule has 0 radical (unpaired) electrons. The lowest BCUT2D eigenvalue weighted by molar-refractivity contribution is -0.143. The van der Waals surface area contributed by atoms with E-state index in [9.17, 15) is 18.0 Å². The number of esters is 1. The Hall–Kier alpha value is -2.53. The molecule has 0 aliphatic carbocycles. The summed E-state index contributed by atoms with van der Waals surface area (Å²) < 4.78 is 30.3. The lowest BCUT2D eigenvalue weighted by atomic mass is 10.1. The largest absolute Gasteiger partial charge is 0.465 e. The monoisotopic (exact) mass is 467 g/mol. The van der Waals surface area contributed by atoms with Crippen molar-refractivity contribution in [3.8, 4) is 0 Å². The number of benzene rings is 2. The quantitative estimate of drug-likeness (QED) is 0.557. The lowest BCUT2D eigenvalue weighted by Crippen LogP contribution is -2.23. The molecule has 0 fully saturated rings. The van der Waals surface area contributed by atoms with Gasteiger partial charge in [0.1, 0.15) is 6.54 Å². The van der Waals surface area contributed by atoms with E-state index >= 15 is 0 Å². The highest BCUT2D eigenvalue weighted by Crippen LogP contribution is 2.22. The molecule has 0 unspecified atom stereocenters. The van der Waals surface area contributed by atoms with E-state index in [-0.39, 0.29) is 29.3 Å². The molecule has 1 amide bonds. The van der Waals surface area contributed by atoms with Crippen LogP contribution in [0.25, 0.3) is 10.2 Å². The number of primary sulfonamides is 1. The van der Waals surface area contributed by atoms with Crippen LogP contribution in [-0.4, -0.2) is 31.5 Å². The maximum atomic E-state index is 12.5. The van der Waals surface area contributed by atoms with E-state index in [1.165, 1.54) is 22.8 Å². The van der Waals surface area contributed by atoms with Gasteiger partial charge in [0.15, 0.2) is 4.80 Å². The molecule has 11 heteroatoms. The fourth-order valence-electron chi connectivity index (χ4n) is 2.76. The molecule has 0 atom stereocenters. The van der Waals surface area contributed by atoms with Crippen molar-refractivity contribution in [2.75, 3.05) is 6.61 Å². The molecule has 3 aromatic rings. The van der Waals surface area contributed by atoms with Gasteiger partial charge in [-0.3, -0.25) is 9.59 Å². The standard InChI is InChI=1S/C19H18ClN3O5S2/c1-2-28-18(25)11-23-15-8-7-13(30(21,26)27)10-16(15)29-19(23)22-17(24)9-12-5-3-4-6-14(12)20/h3-8,10H,2,9,11H2,1H3,(H2,21,26,27). The van der Waals surface area contributed by atoms with E-state index < -0.39 is 21.9 Å². The first-order valence-corrected chi connectivity index (χ1v) is 11.6. The Balaban J connectivity index is 2.08. The highest BCUT2D eigenvalue weighted by atomic mass is 35.5. The molecule has 158 valence electrons. The number of nitrogens with two attached hydrogens (primary N) is 1. The number of fused-ring (bicyclic) bond motifs is 1. The Labute approximate surface area is 181 Å². The first kappa shape index (κ1) is 22.2. The van der Waals surface area contributed by atoms with Crippen LogP contribution in [0.3, 0.4) is 0 Å².